The quantitative estimate of drug-likeness (QED) is 0.345. The highest BCUT2D eigenvalue weighted by Crippen LogP contribution is 2.08. The van der Waals surface area contributed by atoms with E-state index in [1.54, 1.807) is 0 Å². The molecule has 0 unspecified atom stereocenters. The summed E-state index contributed by atoms with van der Waals surface area (Å²) in [6.07, 6.45) is 20.2. The summed E-state index contributed by atoms with van der Waals surface area (Å²) in [6.45, 7) is 2.62. The van der Waals surface area contributed by atoms with Crippen LogP contribution >= 0.6 is 0 Å². The summed E-state index contributed by atoms with van der Waals surface area (Å²) in [4.78, 5) is 0. The lowest BCUT2D eigenvalue weighted by Crippen LogP contribution is -1.83. The molecular weight excluding hydrogens is 208 g/mol. The Morgan fingerprint density at radius 1 is 0.647 bits per heavy atom. The molecule has 0 aliphatic heterocycles. The molecule has 0 fully saturated rings. The largest absolute Gasteiger partial charge is 0.396 e. The van der Waals surface area contributed by atoms with Crippen molar-refractivity contribution in [1.82, 2.24) is 0 Å². The van der Waals surface area contributed by atoms with Crippen LogP contribution in [0.5, 0.6) is 0 Å². The van der Waals surface area contributed by atoms with Crippen molar-refractivity contribution in [3.63, 3.8) is 0 Å². The number of aliphatic hydroxyl groups excluding tert-OH is 1. The number of allylic oxidation sites excluding steroid dienone is 2. The predicted octanol–water partition coefficient (Wildman–Crippen LogP) is 5.24. The second-order valence-corrected chi connectivity index (χ2v) is 4.95. The fraction of sp³-hybridized carbons (Fsp3) is 0.875. The maximum Gasteiger partial charge on any atom is 0.0431 e. The number of hydrogen-bond donors (Lipinski definition) is 1. The first-order valence-electron chi connectivity index (χ1n) is 7.67. The van der Waals surface area contributed by atoms with Crippen molar-refractivity contribution in [3.05, 3.63) is 12.2 Å². The molecule has 0 heterocycles. The molecule has 0 bridgehead atoms. The van der Waals surface area contributed by atoms with E-state index >= 15 is 0 Å². The molecule has 1 heteroatoms. The third-order valence-electron chi connectivity index (χ3n) is 3.17. The van der Waals surface area contributed by atoms with Crippen LogP contribution in [0.3, 0.4) is 0 Å². The minimum Gasteiger partial charge on any atom is -0.396 e. The van der Waals surface area contributed by atoms with Crippen molar-refractivity contribution in [1.29, 1.82) is 0 Å². The van der Waals surface area contributed by atoms with Gasteiger partial charge in [-0.2, -0.15) is 0 Å². The van der Waals surface area contributed by atoms with Gasteiger partial charge in [0.2, 0.25) is 0 Å². The molecule has 0 radical (unpaired) electrons. The highest BCUT2D eigenvalue weighted by atomic mass is 16.2. The minimum atomic E-state index is 0.362. The van der Waals surface area contributed by atoms with Gasteiger partial charge in [0.15, 0.2) is 0 Å². The van der Waals surface area contributed by atoms with Crippen LogP contribution in [-0.2, 0) is 0 Å². The van der Waals surface area contributed by atoms with Gasteiger partial charge in [-0.25, -0.2) is 0 Å². The Morgan fingerprint density at radius 3 is 1.65 bits per heavy atom. The molecule has 0 amide bonds. The summed E-state index contributed by atoms with van der Waals surface area (Å²) in [5.41, 5.74) is 0. The Morgan fingerprint density at radius 2 is 1.12 bits per heavy atom. The van der Waals surface area contributed by atoms with E-state index in [-0.39, 0.29) is 0 Å². The molecular formula is C16H32O. The van der Waals surface area contributed by atoms with Gasteiger partial charge in [-0.15, -0.1) is 0 Å². The molecule has 0 aromatic rings. The SMILES string of the molecule is CCCCCC/C=C/CCCCCCCCO. The van der Waals surface area contributed by atoms with Crippen molar-refractivity contribution in [2.45, 2.75) is 84.0 Å². The molecule has 0 atom stereocenters. The van der Waals surface area contributed by atoms with Gasteiger partial charge in [-0.3, -0.25) is 0 Å². The van der Waals surface area contributed by atoms with E-state index in [1.165, 1.54) is 70.6 Å². The highest BCUT2D eigenvalue weighted by molar-refractivity contribution is 4.81. The van der Waals surface area contributed by atoms with Crippen LogP contribution < -0.4 is 0 Å². The van der Waals surface area contributed by atoms with Crippen molar-refractivity contribution in [2.24, 2.45) is 0 Å². The summed E-state index contributed by atoms with van der Waals surface area (Å²) >= 11 is 0. The van der Waals surface area contributed by atoms with E-state index in [4.69, 9.17) is 5.11 Å². The van der Waals surface area contributed by atoms with Gasteiger partial charge < -0.3 is 5.11 Å². The normalized spacial score (nSPS) is 11.4. The first kappa shape index (κ1) is 16.7. The second-order valence-electron chi connectivity index (χ2n) is 4.95. The van der Waals surface area contributed by atoms with E-state index in [0.29, 0.717) is 6.61 Å². The molecule has 0 aliphatic carbocycles. The zero-order valence-corrected chi connectivity index (χ0v) is 11.8. The first-order valence-corrected chi connectivity index (χ1v) is 7.67. The van der Waals surface area contributed by atoms with Gasteiger partial charge >= 0.3 is 0 Å². The van der Waals surface area contributed by atoms with Crippen LogP contribution in [0.1, 0.15) is 84.0 Å². The van der Waals surface area contributed by atoms with E-state index in [2.05, 4.69) is 19.1 Å². The fourth-order valence-electron chi connectivity index (χ4n) is 2.01. The maximum absolute atomic E-state index is 8.63. The molecule has 102 valence electrons. The van der Waals surface area contributed by atoms with Gasteiger partial charge in [0.1, 0.15) is 0 Å². The van der Waals surface area contributed by atoms with Crippen molar-refractivity contribution in [2.75, 3.05) is 6.61 Å². The second kappa shape index (κ2) is 15.7. The lowest BCUT2D eigenvalue weighted by molar-refractivity contribution is 0.282. The van der Waals surface area contributed by atoms with E-state index in [0.717, 1.165) is 6.42 Å². The van der Waals surface area contributed by atoms with E-state index in [9.17, 15) is 0 Å². The molecule has 0 saturated heterocycles. The van der Waals surface area contributed by atoms with Gasteiger partial charge in [-0.05, 0) is 32.1 Å². The molecule has 0 saturated carbocycles. The average Bonchev–Trinajstić information content (AvgIpc) is 2.35. The van der Waals surface area contributed by atoms with Crippen LogP contribution in [0.15, 0.2) is 12.2 Å². The van der Waals surface area contributed by atoms with Crippen LogP contribution in [0.4, 0.5) is 0 Å². The molecule has 0 spiro atoms. The molecule has 17 heavy (non-hydrogen) atoms. The summed E-state index contributed by atoms with van der Waals surface area (Å²) in [5.74, 6) is 0. The third-order valence-corrected chi connectivity index (χ3v) is 3.17. The van der Waals surface area contributed by atoms with Gasteiger partial charge in [0.25, 0.3) is 0 Å². The Labute approximate surface area is 108 Å². The Hall–Kier alpha value is -0.300. The predicted molar refractivity (Wildman–Crippen MR) is 77.3 cm³/mol. The minimum absolute atomic E-state index is 0.362. The van der Waals surface area contributed by atoms with Gasteiger partial charge in [0, 0.05) is 6.61 Å². The number of unbranched alkanes of at least 4 members (excludes halogenated alkanes) is 10. The Bertz CT molecular complexity index is 152. The van der Waals surface area contributed by atoms with Crippen molar-refractivity contribution < 1.29 is 5.11 Å². The zero-order valence-electron chi connectivity index (χ0n) is 11.8. The van der Waals surface area contributed by atoms with Crippen LogP contribution in [-0.4, -0.2) is 11.7 Å². The van der Waals surface area contributed by atoms with Gasteiger partial charge in [0.05, 0.1) is 0 Å². The van der Waals surface area contributed by atoms with Crippen LogP contribution in [0, 0.1) is 0 Å². The van der Waals surface area contributed by atoms with Crippen molar-refractivity contribution in [3.8, 4) is 0 Å². The van der Waals surface area contributed by atoms with Crippen LogP contribution in [0.25, 0.3) is 0 Å². The third kappa shape index (κ3) is 15.7. The number of rotatable bonds is 13. The molecule has 1 nitrogen and oxygen atoms in total. The monoisotopic (exact) mass is 240 g/mol. The summed E-state index contributed by atoms with van der Waals surface area (Å²) in [5, 5.41) is 8.63. The Balaban J connectivity index is 2.99. The standard InChI is InChI=1S/C16H32O/c1-2-3-4-5-6-7-8-9-10-11-12-13-14-15-16-17/h7-8,17H,2-6,9-16H2,1H3/b8-7+. The zero-order chi connectivity index (χ0) is 12.6. The summed E-state index contributed by atoms with van der Waals surface area (Å²) in [7, 11) is 0. The average molecular weight is 240 g/mol. The van der Waals surface area contributed by atoms with Crippen LogP contribution in [0.2, 0.25) is 0 Å². The summed E-state index contributed by atoms with van der Waals surface area (Å²) < 4.78 is 0. The molecule has 0 rings (SSSR count). The Kier molecular flexibility index (Phi) is 15.4. The fourth-order valence-corrected chi connectivity index (χ4v) is 2.01. The van der Waals surface area contributed by atoms with E-state index in [1.807, 2.05) is 0 Å². The van der Waals surface area contributed by atoms with Gasteiger partial charge in [-0.1, -0.05) is 64.0 Å². The molecule has 1 N–H and O–H groups in total. The first-order chi connectivity index (χ1) is 8.41. The molecule has 0 aliphatic rings. The smallest absolute Gasteiger partial charge is 0.0431 e. The topological polar surface area (TPSA) is 20.2 Å². The number of hydrogen-bond acceptors (Lipinski definition) is 1. The van der Waals surface area contributed by atoms with Crippen molar-refractivity contribution >= 4 is 0 Å². The summed E-state index contributed by atoms with van der Waals surface area (Å²) in [6, 6.07) is 0. The molecule has 0 aromatic carbocycles. The lowest BCUT2D eigenvalue weighted by Gasteiger charge is -1.98. The lowest BCUT2D eigenvalue weighted by atomic mass is 10.1. The number of aliphatic hydroxyl groups is 1. The van der Waals surface area contributed by atoms with E-state index < -0.39 is 0 Å². The maximum atomic E-state index is 8.63. The molecule has 0 aromatic heterocycles. The highest BCUT2D eigenvalue weighted by Gasteiger charge is 1.89.